The zero-order valence-electron chi connectivity index (χ0n) is 12.8. The van der Waals surface area contributed by atoms with E-state index in [4.69, 9.17) is 4.74 Å². The van der Waals surface area contributed by atoms with Crippen LogP contribution in [-0.4, -0.2) is 33.7 Å². The number of rotatable bonds is 5. The van der Waals surface area contributed by atoms with Gasteiger partial charge in [0.25, 0.3) is 0 Å². The van der Waals surface area contributed by atoms with Crippen LogP contribution in [0, 0.1) is 6.92 Å². The number of piperidine rings is 1. The summed E-state index contributed by atoms with van der Waals surface area (Å²) in [5.74, 6) is 0.726. The molecule has 2 N–H and O–H groups in total. The lowest BCUT2D eigenvalue weighted by atomic mass is 10.0. The lowest BCUT2D eigenvalue weighted by Gasteiger charge is -2.30. The Bertz CT molecular complexity index is 587. The van der Waals surface area contributed by atoms with Crippen molar-refractivity contribution in [2.75, 3.05) is 13.2 Å². The van der Waals surface area contributed by atoms with E-state index in [1.165, 1.54) is 0 Å². The van der Waals surface area contributed by atoms with E-state index in [1.807, 2.05) is 20.8 Å². The van der Waals surface area contributed by atoms with E-state index >= 15 is 0 Å². The Balaban J connectivity index is 2.17. The van der Waals surface area contributed by atoms with Gasteiger partial charge >= 0.3 is 0 Å². The predicted octanol–water partition coefficient (Wildman–Crippen LogP) is 1.81. The molecule has 5 nitrogen and oxygen atoms in total. The van der Waals surface area contributed by atoms with Gasteiger partial charge in [-0.05, 0) is 63.9 Å². The van der Waals surface area contributed by atoms with Gasteiger partial charge in [-0.15, -0.1) is 0 Å². The SMILES string of the molecule is CCOc1ccc(S(=O)(=O)NC2CCCNC2C)cc1C. The van der Waals surface area contributed by atoms with E-state index in [0.717, 1.165) is 30.7 Å². The van der Waals surface area contributed by atoms with Gasteiger partial charge in [-0.3, -0.25) is 0 Å². The summed E-state index contributed by atoms with van der Waals surface area (Å²) in [7, 11) is -3.49. The fraction of sp³-hybridized carbons (Fsp3) is 0.600. The molecule has 0 bridgehead atoms. The van der Waals surface area contributed by atoms with Gasteiger partial charge in [-0.2, -0.15) is 0 Å². The van der Waals surface area contributed by atoms with Gasteiger partial charge in [0.15, 0.2) is 0 Å². The van der Waals surface area contributed by atoms with Crippen LogP contribution in [0.2, 0.25) is 0 Å². The Morgan fingerprint density at radius 2 is 2.19 bits per heavy atom. The molecule has 0 radical (unpaired) electrons. The summed E-state index contributed by atoms with van der Waals surface area (Å²) in [6, 6.07) is 5.07. The van der Waals surface area contributed by atoms with Crippen molar-refractivity contribution in [3.8, 4) is 5.75 Å². The molecule has 2 rings (SSSR count). The third-order valence-corrected chi connectivity index (χ3v) is 5.31. The second-order valence-electron chi connectivity index (χ2n) is 5.47. The molecular formula is C15H24N2O3S. The predicted molar refractivity (Wildman–Crippen MR) is 83.2 cm³/mol. The standard InChI is InChI=1S/C15H24N2O3S/c1-4-20-15-8-7-13(10-11(15)2)21(18,19)17-14-6-5-9-16-12(14)3/h7-8,10,12,14,16-17H,4-6,9H2,1-3H3. The molecule has 1 saturated heterocycles. The van der Waals surface area contributed by atoms with E-state index in [9.17, 15) is 8.42 Å². The minimum Gasteiger partial charge on any atom is -0.494 e. The molecule has 0 saturated carbocycles. The van der Waals surface area contributed by atoms with Gasteiger partial charge < -0.3 is 10.1 Å². The maximum absolute atomic E-state index is 12.5. The van der Waals surface area contributed by atoms with Crippen molar-refractivity contribution in [3.63, 3.8) is 0 Å². The summed E-state index contributed by atoms with van der Waals surface area (Å²) >= 11 is 0. The fourth-order valence-corrected chi connectivity index (χ4v) is 4.01. The Kier molecular flexibility index (Phi) is 5.24. The lowest BCUT2D eigenvalue weighted by molar-refractivity contribution is 0.337. The van der Waals surface area contributed by atoms with Crippen LogP contribution in [0.1, 0.15) is 32.3 Å². The average molecular weight is 312 g/mol. The van der Waals surface area contributed by atoms with E-state index < -0.39 is 10.0 Å². The van der Waals surface area contributed by atoms with Gasteiger partial charge in [0.2, 0.25) is 10.0 Å². The van der Waals surface area contributed by atoms with Crippen molar-refractivity contribution < 1.29 is 13.2 Å². The van der Waals surface area contributed by atoms with Crippen LogP contribution in [0.15, 0.2) is 23.1 Å². The van der Waals surface area contributed by atoms with Crippen molar-refractivity contribution in [1.82, 2.24) is 10.0 Å². The zero-order valence-corrected chi connectivity index (χ0v) is 13.7. The van der Waals surface area contributed by atoms with Crippen LogP contribution >= 0.6 is 0 Å². The molecule has 1 aliphatic heterocycles. The number of hydrogen-bond donors (Lipinski definition) is 2. The van der Waals surface area contributed by atoms with Crippen molar-refractivity contribution in [3.05, 3.63) is 23.8 Å². The van der Waals surface area contributed by atoms with Crippen LogP contribution in [0.4, 0.5) is 0 Å². The Hall–Kier alpha value is -1.11. The van der Waals surface area contributed by atoms with Crippen LogP contribution in [0.3, 0.4) is 0 Å². The highest BCUT2D eigenvalue weighted by atomic mass is 32.2. The van der Waals surface area contributed by atoms with Crippen LogP contribution in [0.25, 0.3) is 0 Å². The first-order chi connectivity index (χ1) is 9.94. The molecule has 1 heterocycles. The van der Waals surface area contributed by atoms with Gasteiger partial charge in [-0.1, -0.05) is 0 Å². The molecule has 1 fully saturated rings. The summed E-state index contributed by atoms with van der Waals surface area (Å²) in [6.07, 6.45) is 1.85. The molecule has 21 heavy (non-hydrogen) atoms. The average Bonchev–Trinajstić information content (AvgIpc) is 2.43. The lowest BCUT2D eigenvalue weighted by Crippen LogP contribution is -2.51. The molecule has 0 aliphatic carbocycles. The van der Waals surface area contributed by atoms with E-state index in [1.54, 1.807) is 18.2 Å². The Morgan fingerprint density at radius 1 is 1.43 bits per heavy atom. The minimum atomic E-state index is -3.49. The van der Waals surface area contributed by atoms with Crippen LogP contribution in [-0.2, 0) is 10.0 Å². The van der Waals surface area contributed by atoms with Gasteiger partial charge in [0, 0.05) is 12.1 Å². The highest BCUT2D eigenvalue weighted by molar-refractivity contribution is 7.89. The number of benzene rings is 1. The minimum absolute atomic E-state index is 0.0596. The first-order valence-electron chi connectivity index (χ1n) is 7.43. The summed E-state index contributed by atoms with van der Waals surface area (Å²) in [5, 5.41) is 3.30. The molecule has 1 aromatic rings. The van der Waals surface area contributed by atoms with E-state index in [-0.39, 0.29) is 12.1 Å². The molecule has 6 heteroatoms. The summed E-state index contributed by atoms with van der Waals surface area (Å²) < 4.78 is 33.2. The molecule has 0 spiro atoms. The second-order valence-corrected chi connectivity index (χ2v) is 7.19. The van der Waals surface area contributed by atoms with E-state index in [2.05, 4.69) is 10.0 Å². The molecule has 118 valence electrons. The van der Waals surface area contributed by atoms with Crippen molar-refractivity contribution in [2.45, 2.75) is 50.6 Å². The number of ether oxygens (including phenoxy) is 1. The third-order valence-electron chi connectivity index (χ3n) is 3.82. The smallest absolute Gasteiger partial charge is 0.240 e. The number of sulfonamides is 1. The monoisotopic (exact) mass is 312 g/mol. The third kappa shape index (κ3) is 3.96. The van der Waals surface area contributed by atoms with Gasteiger partial charge in [0.05, 0.1) is 11.5 Å². The molecular weight excluding hydrogens is 288 g/mol. The van der Waals surface area contributed by atoms with Gasteiger partial charge in [-0.25, -0.2) is 13.1 Å². The second kappa shape index (κ2) is 6.77. The highest BCUT2D eigenvalue weighted by Crippen LogP contribution is 2.22. The summed E-state index contributed by atoms with van der Waals surface area (Å²) in [4.78, 5) is 0.293. The normalized spacial score (nSPS) is 23.0. The fourth-order valence-electron chi connectivity index (χ4n) is 2.58. The molecule has 1 aliphatic rings. The van der Waals surface area contributed by atoms with Crippen molar-refractivity contribution >= 4 is 10.0 Å². The number of hydrogen-bond acceptors (Lipinski definition) is 4. The quantitative estimate of drug-likeness (QED) is 0.870. The molecule has 0 aromatic heterocycles. The topological polar surface area (TPSA) is 67.4 Å². The van der Waals surface area contributed by atoms with Crippen molar-refractivity contribution in [1.29, 1.82) is 0 Å². The molecule has 2 unspecified atom stereocenters. The van der Waals surface area contributed by atoms with E-state index in [0.29, 0.717) is 11.5 Å². The Morgan fingerprint density at radius 3 is 2.81 bits per heavy atom. The largest absolute Gasteiger partial charge is 0.494 e. The molecule has 0 amide bonds. The maximum Gasteiger partial charge on any atom is 0.240 e. The van der Waals surface area contributed by atoms with Crippen LogP contribution in [0.5, 0.6) is 5.75 Å². The van der Waals surface area contributed by atoms with Gasteiger partial charge in [0.1, 0.15) is 5.75 Å². The number of aryl methyl sites for hydroxylation is 1. The summed E-state index contributed by atoms with van der Waals surface area (Å²) in [5.41, 5.74) is 0.828. The Labute approximate surface area is 127 Å². The maximum atomic E-state index is 12.5. The summed E-state index contributed by atoms with van der Waals surface area (Å²) in [6.45, 7) is 7.28. The molecule has 1 aromatic carbocycles. The first kappa shape index (κ1) is 16.3. The zero-order chi connectivity index (χ0) is 15.5. The van der Waals surface area contributed by atoms with Crippen LogP contribution < -0.4 is 14.8 Å². The molecule has 2 atom stereocenters. The number of nitrogens with one attached hydrogen (secondary N) is 2. The first-order valence-corrected chi connectivity index (χ1v) is 8.91. The van der Waals surface area contributed by atoms with Crippen molar-refractivity contribution in [2.24, 2.45) is 0 Å². The highest BCUT2D eigenvalue weighted by Gasteiger charge is 2.26.